The lowest BCUT2D eigenvalue weighted by Crippen LogP contribution is -2.32. The Morgan fingerprint density at radius 2 is 2.07 bits per heavy atom. The fraction of sp³-hybridized carbons (Fsp3) is 0.412. The second-order valence-corrected chi connectivity index (χ2v) is 9.28. The Kier molecular flexibility index (Phi) is 3.95. The van der Waals surface area contributed by atoms with Gasteiger partial charge >= 0.3 is 6.01 Å². The molecule has 2 aliphatic rings. The van der Waals surface area contributed by atoms with Crippen LogP contribution in [0.2, 0.25) is 0 Å². The van der Waals surface area contributed by atoms with Crippen LogP contribution in [0.4, 0.5) is 0 Å². The van der Waals surface area contributed by atoms with E-state index in [4.69, 9.17) is 4.74 Å². The minimum atomic E-state index is -3.17. The first kappa shape index (κ1) is 17.3. The van der Waals surface area contributed by atoms with Gasteiger partial charge in [-0.25, -0.2) is 8.42 Å². The van der Waals surface area contributed by atoms with E-state index in [9.17, 15) is 13.2 Å². The highest BCUT2D eigenvalue weighted by Crippen LogP contribution is 2.35. The summed E-state index contributed by atoms with van der Waals surface area (Å²) in [5.41, 5.74) is 0.122. The van der Waals surface area contributed by atoms with Crippen LogP contribution in [-0.2, 0) is 10.0 Å². The number of hydrogen-bond acceptors (Lipinski definition) is 7. The maximum atomic E-state index is 12.4. The number of fused-ring (bicyclic) bond motifs is 1. The molecule has 2 fully saturated rings. The van der Waals surface area contributed by atoms with E-state index in [0.29, 0.717) is 36.2 Å². The highest BCUT2D eigenvalue weighted by Gasteiger charge is 2.43. The number of hydrogen-bond donors (Lipinski definition) is 1. The lowest BCUT2D eigenvalue weighted by molar-refractivity contribution is 0.426. The first-order valence-electron chi connectivity index (χ1n) is 9.06. The first-order valence-corrected chi connectivity index (χ1v) is 10.6. The van der Waals surface area contributed by atoms with Gasteiger partial charge in [-0.1, -0.05) is 0 Å². The predicted octanol–water partition coefficient (Wildman–Crippen LogP) is 1.05. The van der Waals surface area contributed by atoms with Crippen LogP contribution >= 0.6 is 0 Å². The molecule has 0 amide bonds. The molecule has 10 nitrogen and oxygen atoms in total. The van der Waals surface area contributed by atoms with Gasteiger partial charge in [0.25, 0.3) is 5.56 Å². The van der Waals surface area contributed by atoms with Crippen LogP contribution in [-0.4, -0.2) is 55.8 Å². The summed E-state index contributed by atoms with van der Waals surface area (Å²) in [6.07, 6.45) is 8.44. The van der Waals surface area contributed by atoms with Gasteiger partial charge in [0.15, 0.2) is 5.75 Å². The molecule has 5 rings (SSSR count). The van der Waals surface area contributed by atoms with E-state index in [0.717, 1.165) is 12.8 Å². The number of pyridine rings is 1. The summed E-state index contributed by atoms with van der Waals surface area (Å²) in [6, 6.07) is 1.60. The third-order valence-corrected chi connectivity index (χ3v) is 7.45. The van der Waals surface area contributed by atoms with Crippen molar-refractivity contribution < 1.29 is 13.2 Å². The highest BCUT2D eigenvalue weighted by atomic mass is 32.2. The Bertz CT molecular complexity index is 1200. The SMILES string of the molecule is O=c1[nH]c(Oc2cnn(C3CCN(S(=O)(=O)C4CC4)C3)c2)nc2cnccc12. The zero-order chi connectivity index (χ0) is 19.3. The van der Waals surface area contributed by atoms with Crippen LogP contribution < -0.4 is 10.3 Å². The molecular weight excluding hydrogens is 384 g/mol. The smallest absolute Gasteiger partial charge is 0.302 e. The lowest BCUT2D eigenvalue weighted by Gasteiger charge is -2.16. The fourth-order valence-electron chi connectivity index (χ4n) is 3.44. The van der Waals surface area contributed by atoms with Crippen molar-refractivity contribution in [2.75, 3.05) is 13.1 Å². The standard InChI is InChI=1S/C17H18N6O4S/c24-16-14-3-5-18-8-15(14)20-17(21-16)27-12-7-19-23(10-12)11-4-6-22(9-11)28(25,26)13-1-2-13/h3,5,7-8,10-11,13H,1-2,4,6,9H2,(H,20,21,24). The van der Waals surface area contributed by atoms with Crippen molar-refractivity contribution in [3.8, 4) is 11.8 Å². The van der Waals surface area contributed by atoms with Gasteiger partial charge in [-0.05, 0) is 25.3 Å². The van der Waals surface area contributed by atoms with Gasteiger partial charge in [0, 0.05) is 19.3 Å². The van der Waals surface area contributed by atoms with Gasteiger partial charge in [-0.3, -0.25) is 19.4 Å². The number of nitrogens with one attached hydrogen (secondary N) is 1. The van der Waals surface area contributed by atoms with Crippen LogP contribution in [0.3, 0.4) is 0 Å². The normalized spacial score (nSPS) is 20.6. The quantitative estimate of drug-likeness (QED) is 0.676. The minimum absolute atomic E-state index is 0.0429. The average molecular weight is 402 g/mol. The summed E-state index contributed by atoms with van der Waals surface area (Å²) in [7, 11) is -3.17. The molecule has 0 spiro atoms. The summed E-state index contributed by atoms with van der Waals surface area (Å²) in [5, 5.41) is 4.52. The number of aromatic amines is 1. The third-order valence-electron chi connectivity index (χ3n) is 5.09. The number of H-pyrrole nitrogens is 1. The van der Waals surface area contributed by atoms with Crippen molar-refractivity contribution in [3.05, 3.63) is 41.2 Å². The summed E-state index contributed by atoms with van der Waals surface area (Å²) >= 11 is 0. The number of ether oxygens (including phenoxy) is 1. The molecule has 1 N–H and O–H groups in total. The Balaban J connectivity index is 1.32. The average Bonchev–Trinajstić information content (AvgIpc) is 3.25. The summed E-state index contributed by atoms with van der Waals surface area (Å²) in [4.78, 5) is 22.9. The fourth-order valence-corrected chi connectivity index (χ4v) is 5.33. The topological polar surface area (TPSA) is 123 Å². The van der Waals surface area contributed by atoms with Gasteiger partial charge in [0.1, 0.15) is 0 Å². The molecule has 1 saturated carbocycles. The van der Waals surface area contributed by atoms with E-state index in [1.54, 1.807) is 21.3 Å². The second kappa shape index (κ2) is 6.38. The van der Waals surface area contributed by atoms with E-state index in [1.807, 2.05) is 0 Å². The molecule has 1 aliphatic heterocycles. The van der Waals surface area contributed by atoms with Crippen LogP contribution in [0.15, 0.2) is 35.6 Å². The van der Waals surface area contributed by atoms with E-state index in [1.165, 1.54) is 18.6 Å². The molecule has 4 heterocycles. The van der Waals surface area contributed by atoms with E-state index >= 15 is 0 Å². The Hall–Kier alpha value is -2.79. The predicted molar refractivity (Wildman–Crippen MR) is 99.6 cm³/mol. The molecule has 3 aromatic heterocycles. The highest BCUT2D eigenvalue weighted by molar-refractivity contribution is 7.90. The number of rotatable bonds is 5. The Morgan fingerprint density at radius 3 is 2.89 bits per heavy atom. The van der Waals surface area contributed by atoms with Crippen molar-refractivity contribution in [3.63, 3.8) is 0 Å². The molecule has 1 saturated heterocycles. The first-order chi connectivity index (χ1) is 13.5. The Labute approximate surface area is 160 Å². The molecule has 11 heteroatoms. The Morgan fingerprint density at radius 1 is 1.21 bits per heavy atom. The second-order valence-electron chi connectivity index (χ2n) is 7.07. The molecule has 0 radical (unpaired) electrons. The van der Waals surface area contributed by atoms with Gasteiger partial charge in [-0.15, -0.1) is 0 Å². The zero-order valence-corrected chi connectivity index (χ0v) is 15.7. The lowest BCUT2D eigenvalue weighted by atomic mass is 10.3. The summed E-state index contributed by atoms with van der Waals surface area (Å²) in [5.74, 6) is 0.412. The monoisotopic (exact) mass is 402 g/mol. The van der Waals surface area contributed by atoms with Crippen molar-refractivity contribution in [1.29, 1.82) is 0 Å². The number of nitrogens with zero attached hydrogens (tertiary/aromatic N) is 5. The van der Waals surface area contributed by atoms with Crippen molar-refractivity contribution >= 4 is 20.9 Å². The van der Waals surface area contributed by atoms with Gasteiger partial charge in [0.05, 0.1) is 40.8 Å². The van der Waals surface area contributed by atoms with Crippen LogP contribution in [0, 0.1) is 0 Å². The number of sulfonamides is 1. The maximum absolute atomic E-state index is 12.4. The molecule has 0 bridgehead atoms. The summed E-state index contributed by atoms with van der Waals surface area (Å²) < 4.78 is 33.7. The largest absolute Gasteiger partial charge is 0.422 e. The van der Waals surface area contributed by atoms with Crippen molar-refractivity contribution in [1.82, 2.24) is 29.0 Å². The molecular formula is C17H18N6O4S. The van der Waals surface area contributed by atoms with Crippen molar-refractivity contribution in [2.45, 2.75) is 30.6 Å². The van der Waals surface area contributed by atoms with Gasteiger partial charge in [0.2, 0.25) is 10.0 Å². The number of aromatic nitrogens is 5. The van der Waals surface area contributed by atoms with E-state index < -0.39 is 10.0 Å². The molecule has 0 aromatic carbocycles. The molecule has 3 aromatic rings. The minimum Gasteiger partial charge on any atom is -0.422 e. The third kappa shape index (κ3) is 3.06. The van der Waals surface area contributed by atoms with Crippen LogP contribution in [0.25, 0.3) is 10.9 Å². The zero-order valence-electron chi connectivity index (χ0n) is 14.9. The summed E-state index contributed by atoms with van der Waals surface area (Å²) in [6.45, 7) is 0.919. The van der Waals surface area contributed by atoms with Crippen molar-refractivity contribution in [2.24, 2.45) is 0 Å². The van der Waals surface area contributed by atoms with Crippen LogP contribution in [0.5, 0.6) is 11.8 Å². The molecule has 1 atom stereocenters. The van der Waals surface area contributed by atoms with Gasteiger partial charge < -0.3 is 4.74 Å². The molecule has 146 valence electrons. The molecule has 1 unspecified atom stereocenters. The maximum Gasteiger partial charge on any atom is 0.302 e. The molecule has 1 aliphatic carbocycles. The van der Waals surface area contributed by atoms with E-state index in [2.05, 4.69) is 20.1 Å². The molecule has 28 heavy (non-hydrogen) atoms. The van der Waals surface area contributed by atoms with E-state index in [-0.39, 0.29) is 22.9 Å². The van der Waals surface area contributed by atoms with Crippen LogP contribution in [0.1, 0.15) is 25.3 Å². The van der Waals surface area contributed by atoms with Gasteiger partial charge in [-0.2, -0.15) is 14.4 Å².